The first-order valence-corrected chi connectivity index (χ1v) is 12.6. The van der Waals surface area contributed by atoms with Crippen LogP contribution in [0.2, 0.25) is 0 Å². The Labute approximate surface area is 211 Å². The molecular weight excluding hydrogens is 456 g/mol. The van der Waals surface area contributed by atoms with E-state index in [9.17, 15) is 14.4 Å². The fourth-order valence-electron chi connectivity index (χ4n) is 5.46. The summed E-state index contributed by atoms with van der Waals surface area (Å²) in [4.78, 5) is 46.0. The van der Waals surface area contributed by atoms with Crippen LogP contribution in [0.25, 0.3) is 0 Å². The first-order chi connectivity index (χ1) is 17.5. The average molecular weight is 489 g/mol. The molecule has 3 aliphatic heterocycles. The number of ether oxygens (including phenoxy) is 1. The molecule has 3 aliphatic rings. The van der Waals surface area contributed by atoms with Crippen LogP contribution < -0.4 is 10.1 Å². The molecule has 3 heterocycles. The summed E-state index contributed by atoms with van der Waals surface area (Å²) < 4.78 is 5.28. The van der Waals surface area contributed by atoms with Gasteiger partial charge in [0.2, 0.25) is 5.91 Å². The van der Waals surface area contributed by atoms with Crippen molar-refractivity contribution in [2.75, 3.05) is 33.3 Å². The van der Waals surface area contributed by atoms with Crippen LogP contribution in [0.15, 0.2) is 65.9 Å². The molecule has 2 aromatic carbocycles. The average Bonchev–Trinajstić information content (AvgIpc) is 3.56. The fraction of sp³-hybridized carbons (Fsp3) is 0.393. The third-order valence-electron chi connectivity index (χ3n) is 7.37. The van der Waals surface area contributed by atoms with Crippen molar-refractivity contribution < 1.29 is 19.1 Å². The highest BCUT2D eigenvalue weighted by atomic mass is 16.5. The van der Waals surface area contributed by atoms with Gasteiger partial charge in [-0.1, -0.05) is 42.5 Å². The third-order valence-corrected chi connectivity index (χ3v) is 7.37. The number of hydrogen-bond acceptors (Lipinski definition) is 4. The molecule has 2 aromatic rings. The van der Waals surface area contributed by atoms with E-state index < -0.39 is 12.1 Å². The lowest BCUT2D eigenvalue weighted by Gasteiger charge is -2.33. The molecule has 1 N–H and O–H groups in total. The number of carbonyl (C=O) groups excluding carboxylic acids is 3. The molecule has 188 valence electrons. The summed E-state index contributed by atoms with van der Waals surface area (Å²) in [5.74, 6) is 0.481. The Bertz CT molecular complexity index is 1170. The molecule has 36 heavy (non-hydrogen) atoms. The first kappa shape index (κ1) is 23.9. The standard InChI is InChI=1S/C28H32N4O4/c1-3-31-23-18-32(22(17-19-9-5-4-6-10-19)26(33)30-15-7-8-16-30)27(34)24(23)25(29-28(31)35)20-11-13-21(36-2)14-12-20/h4-6,9-14,22,25H,3,7-8,15-18H2,1-2H3,(H,29,35)/t22-,25+/m0/s1. The van der Waals surface area contributed by atoms with Gasteiger partial charge in [0.1, 0.15) is 11.8 Å². The number of likely N-dealkylation sites (tertiary alicyclic amines) is 1. The third kappa shape index (κ3) is 4.32. The summed E-state index contributed by atoms with van der Waals surface area (Å²) in [5.41, 5.74) is 3.02. The predicted molar refractivity (Wildman–Crippen MR) is 135 cm³/mol. The Balaban J connectivity index is 1.51. The second-order valence-electron chi connectivity index (χ2n) is 9.43. The lowest BCUT2D eigenvalue weighted by atomic mass is 9.95. The van der Waals surface area contributed by atoms with Gasteiger partial charge in [0.25, 0.3) is 5.91 Å². The summed E-state index contributed by atoms with van der Waals surface area (Å²) in [7, 11) is 1.60. The second kappa shape index (κ2) is 10.0. The van der Waals surface area contributed by atoms with Gasteiger partial charge in [-0.3, -0.25) is 14.5 Å². The smallest absolute Gasteiger partial charge is 0.322 e. The van der Waals surface area contributed by atoms with Crippen molar-refractivity contribution in [3.8, 4) is 5.75 Å². The van der Waals surface area contributed by atoms with Crippen LogP contribution in [0, 0.1) is 0 Å². The molecule has 1 saturated heterocycles. The van der Waals surface area contributed by atoms with Gasteiger partial charge < -0.3 is 19.9 Å². The normalized spacial score (nSPS) is 20.5. The fourth-order valence-corrected chi connectivity index (χ4v) is 5.46. The topological polar surface area (TPSA) is 82.2 Å². The molecule has 8 heteroatoms. The van der Waals surface area contributed by atoms with Crippen LogP contribution in [0.4, 0.5) is 4.79 Å². The van der Waals surface area contributed by atoms with Crippen molar-refractivity contribution >= 4 is 17.8 Å². The highest BCUT2D eigenvalue weighted by Crippen LogP contribution is 2.38. The number of amides is 4. The summed E-state index contributed by atoms with van der Waals surface area (Å²) in [6, 6.07) is 15.7. The zero-order valence-electron chi connectivity index (χ0n) is 20.8. The van der Waals surface area contributed by atoms with Gasteiger partial charge in [-0.2, -0.15) is 0 Å². The highest BCUT2D eigenvalue weighted by Gasteiger charge is 2.47. The maximum Gasteiger partial charge on any atom is 0.322 e. The molecule has 0 unspecified atom stereocenters. The minimum atomic E-state index is -0.631. The summed E-state index contributed by atoms with van der Waals surface area (Å²) >= 11 is 0. The lowest BCUT2D eigenvalue weighted by Crippen LogP contribution is -2.50. The molecule has 0 radical (unpaired) electrons. The monoisotopic (exact) mass is 488 g/mol. The van der Waals surface area contributed by atoms with Crippen LogP contribution in [-0.4, -0.2) is 71.9 Å². The van der Waals surface area contributed by atoms with E-state index in [0.29, 0.717) is 30.0 Å². The SMILES string of the molecule is CCN1C(=O)N[C@H](c2ccc(OC)cc2)C2=C1CN([C@@H](Cc1ccccc1)C(=O)N1CCCC1)C2=O. The molecule has 8 nitrogen and oxygen atoms in total. The summed E-state index contributed by atoms with van der Waals surface area (Å²) in [6.07, 6.45) is 2.39. The van der Waals surface area contributed by atoms with Gasteiger partial charge in [0.15, 0.2) is 0 Å². The van der Waals surface area contributed by atoms with E-state index in [1.807, 2.05) is 66.4 Å². The quantitative estimate of drug-likeness (QED) is 0.649. The van der Waals surface area contributed by atoms with E-state index in [-0.39, 0.29) is 24.4 Å². The highest BCUT2D eigenvalue weighted by molar-refractivity contribution is 6.03. The van der Waals surface area contributed by atoms with E-state index >= 15 is 0 Å². The zero-order chi connectivity index (χ0) is 25.2. The number of likely N-dealkylation sites (N-methyl/N-ethyl adjacent to an activating group) is 1. The molecule has 4 amide bonds. The van der Waals surface area contributed by atoms with E-state index in [1.165, 1.54) is 0 Å². The number of benzene rings is 2. The molecule has 0 aromatic heterocycles. The van der Waals surface area contributed by atoms with Gasteiger partial charge in [-0.15, -0.1) is 0 Å². The van der Waals surface area contributed by atoms with Crippen molar-refractivity contribution in [2.45, 2.75) is 38.3 Å². The number of hydrogen-bond donors (Lipinski definition) is 1. The predicted octanol–water partition coefficient (Wildman–Crippen LogP) is 3.11. The number of urea groups is 1. The Kier molecular flexibility index (Phi) is 6.67. The van der Waals surface area contributed by atoms with Crippen molar-refractivity contribution in [1.82, 2.24) is 20.0 Å². The van der Waals surface area contributed by atoms with Crippen LogP contribution >= 0.6 is 0 Å². The number of rotatable bonds is 7. The molecule has 2 atom stereocenters. The van der Waals surface area contributed by atoms with Gasteiger partial charge in [-0.25, -0.2) is 4.79 Å². The largest absolute Gasteiger partial charge is 0.497 e. The zero-order valence-corrected chi connectivity index (χ0v) is 20.8. The van der Waals surface area contributed by atoms with Gasteiger partial charge >= 0.3 is 6.03 Å². The van der Waals surface area contributed by atoms with Crippen molar-refractivity contribution in [3.05, 3.63) is 77.0 Å². The lowest BCUT2D eigenvalue weighted by molar-refractivity contribution is -0.142. The Morgan fingerprint density at radius 2 is 1.75 bits per heavy atom. The van der Waals surface area contributed by atoms with Crippen LogP contribution in [0.3, 0.4) is 0 Å². The van der Waals surface area contributed by atoms with E-state index in [4.69, 9.17) is 4.74 Å². The van der Waals surface area contributed by atoms with Crippen LogP contribution in [0.5, 0.6) is 5.75 Å². The Morgan fingerprint density at radius 1 is 1.06 bits per heavy atom. The second-order valence-corrected chi connectivity index (χ2v) is 9.43. The van der Waals surface area contributed by atoms with Crippen LogP contribution in [-0.2, 0) is 16.0 Å². The molecular formula is C28H32N4O4. The Hall–Kier alpha value is -3.81. The van der Waals surface area contributed by atoms with Crippen LogP contribution in [0.1, 0.15) is 36.9 Å². The minimum absolute atomic E-state index is 0.0205. The number of carbonyl (C=O) groups is 3. The molecule has 0 bridgehead atoms. The van der Waals surface area contributed by atoms with Gasteiger partial charge in [0, 0.05) is 26.1 Å². The summed E-state index contributed by atoms with van der Waals surface area (Å²) in [6.45, 7) is 4.00. The number of methoxy groups -OCH3 is 1. The maximum absolute atomic E-state index is 14.1. The summed E-state index contributed by atoms with van der Waals surface area (Å²) in [5, 5.41) is 3.01. The first-order valence-electron chi connectivity index (χ1n) is 12.6. The van der Waals surface area contributed by atoms with Crippen molar-refractivity contribution in [1.29, 1.82) is 0 Å². The van der Waals surface area contributed by atoms with Crippen molar-refractivity contribution in [2.24, 2.45) is 0 Å². The number of nitrogens with one attached hydrogen (secondary N) is 1. The van der Waals surface area contributed by atoms with E-state index in [1.54, 1.807) is 16.9 Å². The van der Waals surface area contributed by atoms with Crippen molar-refractivity contribution in [3.63, 3.8) is 0 Å². The molecule has 0 aliphatic carbocycles. The molecule has 0 spiro atoms. The van der Waals surface area contributed by atoms with Gasteiger partial charge in [0.05, 0.1) is 31.0 Å². The number of nitrogens with zero attached hydrogens (tertiary/aromatic N) is 3. The molecule has 1 fully saturated rings. The van der Waals surface area contributed by atoms with E-state index in [0.717, 1.165) is 37.1 Å². The van der Waals surface area contributed by atoms with E-state index in [2.05, 4.69) is 5.32 Å². The van der Waals surface area contributed by atoms with Gasteiger partial charge in [-0.05, 0) is 43.0 Å². The Morgan fingerprint density at radius 3 is 2.39 bits per heavy atom. The minimum Gasteiger partial charge on any atom is -0.497 e. The molecule has 5 rings (SSSR count). The molecule has 0 saturated carbocycles. The maximum atomic E-state index is 14.1.